The van der Waals surface area contributed by atoms with Gasteiger partial charge in [0.05, 0.1) is 11.6 Å². The number of hydrogen-bond donors (Lipinski definition) is 2. The van der Waals surface area contributed by atoms with Gasteiger partial charge in [0, 0.05) is 26.1 Å². The molecule has 2 N–H and O–H groups in total. The van der Waals surface area contributed by atoms with E-state index in [0.717, 1.165) is 34.4 Å². The maximum Gasteiger partial charge on any atom is 0.220 e. The van der Waals surface area contributed by atoms with E-state index in [9.17, 15) is 4.79 Å². The predicted molar refractivity (Wildman–Crippen MR) is 105 cm³/mol. The Hall–Kier alpha value is -1.56. The molecule has 6 heteroatoms. The minimum Gasteiger partial charge on any atom is -0.496 e. The summed E-state index contributed by atoms with van der Waals surface area (Å²) in [5, 5.41) is 6.33. The molecular formula is C19H22BrClN2O2. The summed E-state index contributed by atoms with van der Waals surface area (Å²) in [6, 6.07) is 12.3. The van der Waals surface area contributed by atoms with Crippen molar-refractivity contribution in [2.45, 2.75) is 32.5 Å². The van der Waals surface area contributed by atoms with Crippen LogP contribution in [-0.4, -0.2) is 13.0 Å². The van der Waals surface area contributed by atoms with Crippen molar-refractivity contribution in [1.82, 2.24) is 10.6 Å². The first-order chi connectivity index (χ1) is 11.7. The van der Waals surface area contributed by atoms with Gasteiger partial charge >= 0.3 is 0 Å². The normalized spacial score (nSPS) is 12.2. The van der Waals surface area contributed by atoms with Gasteiger partial charge in [-0.3, -0.25) is 4.79 Å². The number of methoxy groups -OCH3 is 1. The first-order valence-electron chi connectivity index (χ1n) is 8.06. The molecule has 0 aliphatic carbocycles. The summed E-state index contributed by atoms with van der Waals surface area (Å²) in [5.74, 6) is 0.870. The molecule has 0 unspecified atom stereocenters. The van der Waals surface area contributed by atoms with Crippen LogP contribution in [0.15, 0.2) is 40.9 Å². The zero-order valence-electron chi connectivity index (χ0n) is 14.1. The number of benzene rings is 2. The SMILES string of the molecule is COc1ccc(CCC(=O)NCc2ccc3c(c2)CNC3)cc1Br.Cl. The molecule has 0 bridgehead atoms. The van der Waals surface area contributed by atoms with E-state index < -0.39 is 0 Å². The fourth-order valence-corrected chi connectivity index (χ4v) is 3.46. The highest BCUT2D eigenvalue weighted by atomic mass is 79.9. The number of rotatable bonds is 6. The van der Waals surface area contributed by atoms with E-state index >= 15 is 0 Å². The van der Waals surface area contributed by atoms with Crippen LogP contribution >= 0.6 is 28.3 Å². The summed E-state index contributed by atoms with van der Waals surface area (Å²) >= 11 is 3.47. The van der Waals surface area contributed by atoms with Crippen molar-refractivity contribution in [1.29, 1.82) is 0 Å². The summed E-state index contributed by atoms with van der Waals surface area (Å²) in [6.07, 6.45) is 1.19. The molecule has 1 amide bonds. The van der Waals surface area contributed by atoms with Crippen molar-refractivity contribution in [3.8, 4) is 5.75 Å². The van der Waals surface area contributed by atoms with Gasteiger partial charge in [-0.15, -0.1) is 12.4 Å². The second-order valence-electron chi connectivity index (χ2n) is 5.95. The first-order valence-corrected chi connectivity index (χ1v) is 8.85. The summed E-state index contributed by atoms with van der Waals surface area (Å²) in [5.41, 5.74) is 4.96. The molecule has 0 aromatic heterocycles. The fourth-order valence-electron chi connectivity index (χ4n) is 2.87. The average molecular weight is 426 g/mol. The van der Waals surface area contributed by atoms with E-state index in [1.54, 1.807) is 7.11 Å². The van der Waals surface area contributed by atoms with Crippen LogP contribution in [-0.2, 0) is 30.8 Å². The second kappa shape index (κ2) is 9.22. The lowest BCUT2D eigenvalue weighted by atomic mass is 10.1. The number of aryl methyl sites for hydroxylation is 1. The molecule has 3 rings (SSSR count). The number of carbonyl (C=O) groups is 1. The highest BCUT2D eigenvalue weighted by Gasteiger charge is 2.10. The monoisotopic (exact) mass is 424 g/mol. The van der Waals surface area contributed by atoms with Crippen LogP contribution in [0.2, 0.25) is 0 Å². The summed E-state index contributed by atoms with van der Waals surface area (Å²) in [7, 11) is 1.64. The average Bonchev–Trinajstić information content (AvgIpc) is 3.06. The van der Waals surface area contributed by atoms with Gasteiger partial charge in [-0.25, -0.2) is 0 Å². The number of carbonyl (C=O) groups excluding carboxylic acids is 1. The minimum absolute atomic E-state index is 0. The standard InChI is InChI=1S/C19H21BrN2O2.ClH/c1-24-18-6-3-13(9-17(18)20)4-7-19(23)22-10-14-2-5-15-11-21-12-16(15)8-14;/h2-3,5-6,8-9,21H,4,7,10-12H2,1H3,(H,22,23);1H. The number of nitrogens with one attached hydrogen (secondary N) is 2. The van der Waals surface area contributed by atoms with Crippen LogP contribution in [0.5, 0.6) is 5.75 Å². The van der Waals surface area contributed by atoms with Crippen molar-refractivity contribution >= 4 is 34.2 Å². The van der Waals surface area contributed by atoms with Gasteiger partial charge in [-0.1, -0.05) is 24.3 Å². The largest absolute Gasteiger partial charge is 0.496 e. The maximum atomic E-state index is 12.1. The number of halogens is 2. The van der Waals surface area contributed by atoms with Crippen LogP contribution in [0.25, 0.3) is 0 Å². The second-order valence-corrected chi connectivity index (χ2v) is 6.81. The van der Waals surface area contributed by atoms with Gasteiger partial charge in [0.2, 0.25) is 5.91 Å². The van der Waals surface area contributed by atoms with Crippen molar-refractivity contribution < 1.29 is 9.53 Å². The molecule has 0 saturated carbocycles. The maximum absolute atomic E-state index is 12.1. The lowest BCUT2D eigenvalue weighted by Crippen LogP contribution is -2.23. The van der Waals surface area contributed by atoms with E-state index in [2.05, 4.69) is 44.8 Å². The number of amides is 1. The third-order valence-electron chi connectivity index (χ3n) is 4.25. The Bertz CT molecular complexity index is 752. The van der Waals surface area contributed by atoms with Gasteiger partial charge in [0.15, 0.2) is 0 Å². The summed E-state index contributed by atoms with van der Waals surface area (Å²) < 4.78 is 6.13. The highest BCUT2D eigenvalue weighted by Crippen LogP contribution is 2.26. The van der Waals surface area contributed by atoms with E-state index in [1.165, 1.54) is 11.1 Å². The Morgan fingerprint density at radius 1 is 1.16 bits per heavy atom. The lowest BCUT2D eigenvalue weighted by Gasteiger charge is -2.08. The molecule has 1 heterocycles. The van der Waals surface area contributed by atoms with Crippen LogP contribution < -0.4 is 15.4 Å². The van der Waals surface area contributed by atoms with Crippen molar-refractivity contribution in [3.05, 3.63) is 63.1 Å². The molecule has 134 valence electrons. The van der Waals surface area contributed by atoms with Crippen LogP contribution in [0.4, 0.5) is 0 Å². The Balaban J connectivity index is 0.00000225. The number of fused-ring (bicyclic) bond motifs is 1. The highest BCUT2D eigenvalue weighted by molar-refractivity contribution is 9.10. The van der Waals surface area contributed by atoms with Crippen molar-refractivity contribution in [2.75, 3.05) is 7.11 Å². The topological polar surface area (TPSA) is 50.4 Å². The molecule has 2 aromatic carbocycles. The third kappa shape index (κ3) is 5.21. The Morgan fingerprint density at radius 3 is 2.68 bits per heavy atom. The molecule has 4 nitrogen and oxygen atoms in total. The lowest BCUT2D eigenvalue weighted by molar-refractivity contribution is -0.121. The van der Waals surface area contributed by atoms with Crippen molar-refractivity contribution in [2.24, 2.45) is 0 Å². The van der Waals surface area contributed by atoms with Crippen molar-refractivity contribution in [3.63, 3.8) is 0 Å². The first kappa shape index (κ1) is 19.8. The minimum atomic E-state index is 0. The number of ether oxygens (including phenoxy) is 1. The van der Waals surface area contributed by atoms with Crippen LogP contribution in [0, 0.1) is 0 Å². The van der Waals surface area contributed by atoms with E-state index in [4.69, 9.17) is 4.74 Å². The molecule has 25 heavy (non-hydrogen) atoms. The molecule has 0 saturated heterocycles. The quantitative estimate of drug-likeness (QED) is 0.741. The molecule has 0 fully saturated rings. The molecule has 0 radical (unpaired) electrons. The molecule has 2 aromatic rings. The van der Waals surface area contributed by atoms with Crippen LogP contribution in [0.3, 0.4) is 0 Å². The van der Waals surface area contributed by atoms with E-state index in [0.29, 0.717) is 19.4 Å². The number of hydrogen-bond acceptors (Lipinski definition) is 3. The summed E-state index contributed by atoms with van der Waals surface area (Å²) in [4.78, 5) is 12.1. The molecular weight excluding hydrogens is 404 g/mol. The van der Waals surface area contributed by atoms with Gasteiger partial charge < -0.3 is 15.4 Å². The van der Waals surface area contributed by atoms with Gasteiger partial charge in [-0.2, -0.15) is 0 Å². The van der Waals surface area contributed by atoms with Gasteiger partial charge in [0.25, 0.3) is 0 Å². The predicted octanol–water partition coefficient (Wildman–Crippen LogP) is 3.73. The molecule has 1 aliphatic rings. The zero-order chi connectivity index (χ0) is 16.9. The Labute approximate surface area is 162 Å². The molecule has 1 aliphatic heterocycles. The zero-order valence-corrected chi connectivity index (χ0v) is 16.5. The Kier molecular flexibility index (Phi) is 7.29. The van der Waals surface area contributed by atoms with Gasteiger partial charge in [0.1, 0.15) is 5.75 Å². The Morgan fingerprint density at radius 2 is 1.92 bits per heavy atom. The van der Waals surface area contributed by atoms with E-state index in [1.807, 2.05) is 18.2 Å². The molecule has 0 atom stereocenters. The third-order valence-corrected chi connectivity index (χ3v) is 4.87. The smallest absolute Gasteiger partial charge is 0.220 e. The van der Waals surface area contributed by atoms with Gasteiger partial charge in [-0.05, 0) is 56.7 Å². The summed E-state index contributed by atoms with van der Waals surface area (Å²) in [6.45, 7) is 2.45. The molecule has 0 spiro atoms. The fraction of sp³-hybridized carbons (Fsp3) is 0.316. The van der Waals surface area contributed by atoms with Crippen LogP contribution in [0.1, 0.15) is 28.7 Å². The van der Waals surface area contributed by atoms with E-state index in [-0.39, 0.29) is 18.3 Å².